The first-order valence-electron chi connectivity index (χ1n) is 9.28. The lowest BCUT2D eigenvalue weighted by molar-refractivity contribution is 0.185. The van der Waals surface area contributed by atoms with E-state index in [9.17, 15) is 4.79 Å². The highest BCUT2D eigenvalue weighted by atomic mass is 16.4. The molecule has 2 heterocycles. The molecule has 4 rings (SSSR count). The predicted octanol–water partition coefficient (Wildman–Crippen LogP) is 2.95. The Morgan fingerprint density at radius 3 is 2.67 bits per heavy atom. The molecule has 0 atom stereocenters. The molecule has 3 aromatic rings. The fourth-order valence-electron chi connectivity index (χ4n) is 3.69. The van der Waals surface area contributed by atoms with Crippen molar-refractivity contribution >= 4 is 34.0 Å². The van der Waals surface area contributed by atoms with Crippen LogP contribution in [0.3, 0.4) is 0 Å². The van der Waals surface area contributed by atoms with Crippen LogP contribution in [0.25, 0.3) is 21.9 Å². The molecule has 0 aliphatic heterocycles. The molecular formula is C18H23N7O2. The van der Waals surface area contributed by atoms with Crippen molar-refractivity contribution in [2.45, 2.75) is 57.7 Å². The van der Waals surface area contributed by atoms with E-state index < -0.39 is 6.09 Å². The second-order valence-corrected chi connectivity index (χ2v) is 7.33. The van der Waals surface area contributed by atoms with Crippen LogP contribution in [-0.4, -0.2) is 48.2 Å². The van der Waals surface area contributed by atoms with Crippen LogP contribution in [0.15, 0.2) is 18.3 Å². The van der Waals surface area contributed by atoms with Gasteiger partial charge in [0.1, 0.15) is 16.6 Å². The van der Waals surface area contributed by atoms with Crippen molar-refractivity contribution in [3.8, 4) is 0 Å². The lowest BCUT2D eigenvalue weighted by atomic mass is 9.91. The van der Waals surface area contributed by atoms with E-state index in [0.717, 1.165) is 47.6 Å². The summed E-state index contributed by atoms with van der Waals surface area (Å²) in [5, 5.41) is 24.3. The second kappa shape index (κ2) is 6.98. The summed E-state index contributed by atoms with van der Waals surface area (Å²) < 4.78 is 1.89. The summed E-state index contributed by atoms with van der Waals surface area (Å²) in [7, 11) is 0. The zero-order valence-electron chi connectivity index (χ0n) is 15.4. The van der Waals surface area contributed by atoms with Gasteiger partial charge in [0, 0.05) is 29.7 Å². The second-order valence-electron chi connectivity index (χ2n) is 7.33. The molecule has 27 heavy (non-hydrogen) atoms. The van der Waals surface area contributed by atoms with Crippen molar-refractivity contribution in [1.29, 1.82) is 0 Å². The SMILES string of the molecule is CC(C)n1nnc2ccc3cnc(NC4CCC(NC(=O)O)CC4)nc3c21. The number of hydrogen-bond acceptors (Lipinski definition) is 6. The van der Waals surface area contributed by atoms with Gasteiger partial charge in [0.05, 0.1) is 0 Å². The molecule has 9 heteroatoms. The van der Waals surface area contributed by atoms with Gasteiger partial charge in [0.25, 0.3) is 0 Å². The van der Waals surface area contributed by atoms with E-state index >= 15 is 0 Å². The van der Waals surface area contributed by atoms with Crippen LogP contribution in [0.4, 0.5) is 10.7 Å². The molecule has 2 aromatic heterocycles. The third-order valence-corrected chi connectivity index (χ3v) is 5.06. The Hall–Kier alpha value is -2.97. The zero-order valence-corrected chi connectivity index (χ0v) is 15.4. The summed E-state index contributed by atoms with van der Waals surface area (Å²) in [4.78, 5) is 20.0. The number of nitrogens with zero attached hydrogens (tertiary/aromatic N) is 5. The van der Waals surface area contributed by atoms with Gasteiger partial charge in [-0.3, -0.25) is 0 Å². The molecule has 0 unspecified atom stereocenters. The maximum Gasteiger partial charge on any atom is 0.404 e. The minimum Gasteiger partial charge on any atom is -0.465 e. The predicted molar refractivity (Wildman–Crippen MR) is 102 cm³/mol. The molecule has 142 valence electrons. The van der Waals surface area contributed by atoms with Gasteiger partial charge in [-0.1, -0.05) is 5.21 Å². The standard InChI is InChI=1S/C18H23N7O2/c1-10(2)25-16-14(23-24-25)8-3-11-9-19-17(22-15(11)16)20-12-4-6-13(7-5-12)21-18(26)27/h3,8-10,12-13,21H,4-7H2,1-2H3,(H,26,27)(H,19,20,22). The summed E-state index contributed by atoms with van der Waals surface area (Å²) in [6.45, 7) is 4.13. The van der Waals surface area contributed by atoms with Crippen LogP contribution in [0.1, 0.15) is 45.6 Å². The maximum atomic E-state index is 10.8. The molecule has 0 bridgehead atoms. The number of benzene rings is 1. The van der Waals surface area contributed by atoms with Crippen LogP contribution in [-0.2, 0) is 0 Å². The highest BCUT2D eigenvalue weighted by Crippen LogP contribution is 2.26. The van der Waals surface area contributed by atoms with Crippen molar-refractivity contribution in [3.05, 3.63) is 18.3 Å². The van der Waals surface area contributed by atoms with Gasteiger partial charge >= 0.3 is 6.09 Å². The number of hydrogen-bond donors (Lipinski definition) is 3. The Morgan fingerprint density at radius 1 is 1.22 bits per heavy atom. The van der Waals surface area contributed by atoms with E-state index in [1.807, 2.05) is 23.0 Å². The van der Waals surface area contributed by atoms with Gasteiger partial charge < -0.3 is 15.7 Å². The molecule has 1 fully saturated rings. The third-order valence-electron chi connectivity index (χ3n) is 5.06. The number of aromatic nitrogens is 5. The van der Waals surface area contributed by atoms with E-state index in [0.29, 0.717) is 5.95 Å². The smallest absolute Gasteiger partial charge is 0.404 e. The zero-order chi connectivity index (χ0) is 19.0. The number of fused-ring (bicyclic) bond motifs is 3. The van der Waals surface area contributed by atoms with Crippen molar-refractivity contribution in [2.24, 2.45) is 0 Å². The first kappa shape index (κ1) is 17.4. The van der Waals surface area contributed by atoms with Crippen molar-refractivity contribution in [3.63, 3.8) is 0 Å². The maximum absolute atomic E-state index is 10.8. The Labute approximate surface area is 156 Å². The Balaban J connectivity index is 1.57. The Morgan fingerprint density at radius 2 is 1.96 bits per heavy atom. The molecule has 1 aliphatic rings. The third kappa shape index (κ3) is 3.49. The fraction of sp³-hybridized carbons (Fsp3) is 0.500. The molecular weight excluding hydrogens is 346 g/mol. The van der Waals surface area contributed by atoms with Crippen LogP contribution in [0.2, 0.25) is 0 Å². The van der Waals surface area contributed by atoms with E-state index in [1.54, 1.807) is 0 Å². The van der Waals surface area contributed by atoms with Gasteiger partial charge in [-0.25, -0.2) is 19.4 Å². The average Bonchev–Trinajstić information content (AvgIpc) is 3.08. The normalized spacial score (nSPS) is 20.3. The number of anilines is 1. The molecule has 0 spiro atoms. The van der Waals surface area contributed by atoms with E-state index in [2.05, 4.69) is 39.8 Å². The van der Waals surface area contributed by atoms with E-state index in [1.165, 1.54) is 0 Å². The highest BCUT2D eigenvalue weighted by Gasteiger charge is 2.23. The minimum atomic E-state index is -0.955. The topological polar surface area (TPSA) is 118 Å². The molecule has 1 aliphatic carbocycles. The van der Waals surface area contributed by atoms with Crippen LogP contribution in [0, 0.1) is 0 Å². The fourth-order valence-corrected chi connectivity index (χ4v) is 3.69. The highest BCUT2D eigenvalue weighted by molar-refractivity contribution is 6.01. The van der Waals surface area contributed by atoms with Crippen LogP contribution >= 0.6 is 0 Å². The van der Waals surface area contributed by atoms with Gasteiger partial charge in [0.2, 0.25) is 5.95 Å². The summed E-state index contributed by atoms with van der Waals surface area (Å²) in [5.41, 5.74) is 2.58. The quantitative estimate of drug-likeness (QED) is 0.647. The molecule has 1 amide bonds. The van der Waals surface area contributed by atoms with E-state index in [4.69, 9.17) is 10.1 Å². The van der Waals surface area contributed by atoms with Gasteiger partial charge in [0.15, 0.2) is 0 Å². The van der Waals surface area contributed by atoms with Gasteiger partial charge in [-0.15, -0.1) is 5.10 Å². The number of carboxylic acid groups (broad SMARTS) is 1. The summed E-state index contributed by atoms with van der Waals surface area (Å²) in [6, 6.07) is 4.36. The molecule has 9 nitrogen and oxygen atoms in total. The average molecular weight is 369 g/mol. The minimum absolute atomic E-state index is 0.0316. The largest absolute Gasteiger partial charge is 0.465 e. The first-order valence-corrected chi connectivity index (χ1v) is 9.28. The lowest BCUT2D eigenvalue weighted by Crippen LogP contribution is -2.39. The number of nitrogens with one attached hydrogen (secondary N) is 2. The molecule has 3 N–H and O–H groups in total. The molecule has 0 radical (unpaired) electrons. The van der Waals surface area contributed by atoms with Gasteiger partial charge in [-0.05, 0) is 51.7 Å². The molecule has 0 saturated heterocycles. The van der Waals surface area contributed by atoms with E-state index in [-0.39, 0.29) is 18.1 Å². The summed E-state index contributed by atoms with van der Waals surface area (Å²) in [5.74, 6) is 0.584. The molecule has 1 aromatic carbocycles. The van der Waals surface area contributed by atoms with Crippen molar-refractivity contribution in [1.82, 2.24) is 30.3 Å². The van der Waals surface area contributed by atoms with Crippen LogP contribution in [0.5, 0.6) is 0 Å². The number of carbonyl (C=O) groups is 1. The monoisotopic (exact) mass is 369 g/mol. The van der Waals surface area contributed by atoms with Gasteiger partial charge in [-0.2, -0.15) is 0 Å². The van der Waals surface area contributed by atoms with Crippen LogP contribution < -0.4 is 10.6 Å². The lowest BCUT2D eigenvalue weighted by Gasteiger charge is -2.28. The molecule has 1 saturated carbocycles. The van der Waals surface area contributed by atoms with Crippen molar-refractivity contribution < 1.29 is 9.90 Å². The Bertz CT molecular complexity index is 976. The first-order chi connectivity index (χ1) is 13.0. The summed E-state index contributed by atoms with van der Waals surface area (Å²) in [6.07, 6.45) is 4.24. The number of rotatable bonds is 4. The number of amides is 1. The Kier molecular flexibility index (Phi) is 4.51. The summed E-state index contributed by atoms with van der Waals surface area (Å²) >= 11 is 0. The van der Waals surface area contributed by atoms with Crippen molar-refractivity contribution in [2.75, 3.05) is 5.32 Å².